The van der Waals surface area contributed by atoms with Crippen LogP contribution in [0.2, 0.25) is 0 Å². The third-order valence-electron chi connectivity index (χ3n) is 2.41. The molecule has 0 spiro atoms. The van der Waals surface area contributed by atoms with E-state index in [1.54, 1.807) is 29.1 Å². The minimum atomic E-state index is -0.0265. The largest absolute Gasteiger partial charge is 0.508 e. The van der Waals surface area contributed by atoms with Crippen molar-refractivity contribution in [3.63, 3.8) is 0 Å². The smallest absolute Gasteiger partial charge is 0.254 e. The fourth-order valence-corrected chi connectivity index (χ4v) is 1.62. The van der Waals surface area contributed by atoms with Gasteiger partial charge >= 0.3 is 0 Å². The van der Waals surface area contributed by atoms with Gasteiger partial charge in [-0.25, -0.2) is 4.98 Å². The van der Waals surface area contributed by atoms with Crippen LogP contribution in [0.5, 0.6) is 11.5 Å². The molecular formula is C11H8N4O2. The van der Waals surface area contributed by atoms with Crippen molar-refractivity contribution in [3.8, 4) is 22.8 Å². The number of aromatic nitrogens is 4. The second kappa shape index (κ2) is 3.44. The van der Waals surface area contributed by atoms with Gasteiger partial charge in [0.2, 0.25) is 0 Å². The molecule has 0 saturated carbocycles. The summed E-state index contributed by atoms with van der Waals surface area (Å²) in [6, 6.07) is 4.36. The van der Waals surface area contributed by atoms with Gasteiger partial charge in [0, 0.05) is 24.0 Å². The van der Waals surface area contributed by atoms with Gasteiger partial charge in [-0.3, -0.25) is 4.40 Å². The summed E-state index contributed by atoms with van der Waals surface area (Å²) in [7, 11) is 0. The van der Waals surface area contributed by atoms with Crippen molar-refractivity contribution >= 4 is 5.78 Å². The molecule has 84 valence electrons. The van der Waals surface area contributed by atoms with Crippen LogP contribution in [0.1, 0.15) is 0 Å². The zero-order valence-corrected chi connectivity index (χ0v) is 8.65. The Hall–Kier alpha value is -2.63. The lowest BCUT2D eigenvalue weighted by atomic mass is 10.1. The highest BCUT2D eigenvalue weighted by molar-refractivity contribution is 5.69. The summed E-state index contributed by atoms with van der Waals surface area (Å²) in [6.07, 6.45) is 5.00. The zero-order chi connectivity index (χ0) is 11.8. The summed E-state index contributed by atoms with van der Waals surface area (Å²) in [5.74, 6) is 0.436. The first-order chi connectivity index (χ1) is 8.24. The second-order valence-electron chi connectivity index (χ2n) is 3.55. The van der Waals surface area contributed by atoms with Gasteiger partial charge in [-0.05, 0) is 12.1 Å². The Morgan fingerprint density at radius 3 is 2.82 bits per heavy atom. The quantitative estimate of drug-likeness (QED) is 0.653. The third-order valence-corrected chi connectivity index (χ3v) is 2.41. The van der Waals surface area contributed by atoms with E-state index in [9.17, 15) is 10.2 Å². The minimum Gasteiger partial charge on any atom is -0.508 e. The van der Waals surface area contributed by atoms with Crippen LogP contribution in [0, 0.1) is 0 Å². The van der Waals surface area contributed by atoms with Crippen LogP contribution in [0.15, 0.2) is 36.8 Å². The molecule has 0 aliphatic rings. The van der Waals surface area contributed by atoms with E-state index in [-0.39, 0.29) is 11.5 Å². The highest BCUT2D eigenvalue weighted by Crippen LogP contribution is 2.31. The van der Waals surface area contributed by atoms with E-state index < -0.39 is 0 Å². The summed E-state index contributed by atoms with van der Waals surface area (Å²) in [6.45, 7) is 0. The normalized spacial score (nSPS) is 10.8. The van der Waals surface area contributed by atoms with E-state index in [0.717, 1.165) is 0 Å². The van der Waals surface area contributed by atoms with Crippen molar-refractivity contribution in [1.82, 2.24) is 19.6 Å². The standard InChI is InChI=1S/C11H8N4O2/c16-7-1-2-8(10(17)5-7)9-6-15-4-3-12-14-11(15)13-9/h1-6,16-17H. The van der Waals surface area contributed by atoms with E-state index in [4.69, 9.17) is 0 Å². The molecular weight excluding hydrogens is 220 g/mol. The van der Waals surface area contributed by atoms with Gasteiger partial charge in [0.15, 0.2) is 0 Å². The molecule has 6 heteroatoms. The lowest BCUT2D eigenvalue weighted by Crippen LogP contribution is -1.87. The Balaban J connectivity index is 2.20. The van der Waals surface area contributed by atoms with Crippen LogP contribution in [-0.2, 0) is 0 Å². The summed E-state index contributed by atoms with van der Waals surface area (Å²) in [5.41, 5.74) is 1.11. The summed E-state index contributed by atoms with van der Waals surface area (Å²) in [5, 5.41) is 26.5. The second-order valence-corrected chi connectivity index (χ2v) is 3.55. The number of aromatic hydroxyl groups is 2. The molecule has 1 aromatic carbocycles. The highest BCUT2D eigenvalue weighted by atomic mass is 16.3. The Morgan fingerprint density at radius 1 is 1.18 bits per heavy atom. The van der Waals surface area contributed by atoms with Crippen LogP contribution >= 0.6 is 0 Å². The molecule has 0 bridgehead atoms. The van der Waals surface area contributed by atoms with Crippen LogP contribution in [0.4, 0.5) is 0 Å². The Kier molecular flexibility index (Phi) is 1.94. The first kappa shape index (κ1) is 9.59. The lowest BCUT2D eigenvalue weighted by molar-refractivity contribution is 0.452. The molecule has 0 aliphatic heterocycles. The van der Waals surface area contributed by atoms with Crippen molar-refractivity contribution in [1.29, 1.82) is 0 Å². The fraction of sp³-hybridized carbons (Fsp3) is 0. The molecule has 0 aliphatic carbocycles. The molecule has 0 fully saturated rings. The molecule has 3 aromatic rings. The molecule has 2 heterocycles. The first-order valence-electron chi connectivity index (χ1n) is 4.93. The summed E-state index contributed by atoms with van der Waals surface area (Å²) >= 11 is 0. The van der Waals surface area contributed by atoms with E-state index in [2.05, 4.69) is 15.2 Å². The average Bonchev–Trinajstić information content (AvgIpc) is 2.72. The number of benzene rings is 1. The van der Waals surface area contributed by atoms with Gasteiger partial charge in [0.1, 0.15) is 11.5 Å². The van der Waals surface area contributed by atoms with Crippen LogP contribution in [-0.4, -0.2) is 29.8 Å². The van der Waals surface area contributed by atoms with Crippen LogP contribution < -0.4 is 0 Å². The molecule has 2 N–H and O–H groups in total. The number of hydrogen-bond acceptors (Lipinski definition) is 5. The number of hydrogen-bond donors (Lipinski definition) is 2. The maximum absolute atomic E-state index is 9.72. The monoisotopic (exact) mass is 228 g/mol. The predicted molar refractivity (Wildman–Crippen MR) is 59.5 cm³/mol. The molecule has 0 saturated heterocycles. The van der Waals surface area contributed by atoms with Crippen molar-refractivity contribution in [3.05, 3.63) is 36.8 Å². The van der Waals surface area contributed by atoms with Gasteiger partial charge in [-0.2, -0.15) is 5.10 Å². The van der Waals surface area contributed by atoms with Gasteiger partial charge in [-0.1, -0.05) is 0 Å². The predicted octanol–water partition coefficient (Wildman–Crippen LogP) is 1.20. The number of nitrogens with zero attached hydrogens (tertiary/aromatic N) is 4. The number of rotatable bonds is 1. The lowest BCUT2D eigenvalue weighted by Gasteiger charge is -2.00. The van der Waals surface area contributed by atoms with Crippen molar-refractivity contribution < 1.29 is 10.2 Å². The van der Waals surface area contributed by atoms with Gasteiger partial charge < -0.3 is 10.2 Å². The molecule has 0 radical (unpaired) electrons. The SMILES string of the molecule is Oc1ccc(-c2cn3ccnnc3n2)c(O)c1. The van der Waals surface area contributed by atoms with Crippen molar-refractivity contribution in [2.75, 3.05) is 0 Å². The minimum absolute atomic E-state index is 0.00908. The molecule has 2 aromatic heterocycles. The van der Waals surface area contributed by atoms with E-state index in [1.807, 2.05) is 0 Å². The number of imidazole rings is 1. The summed E-state index contributed by atoms with van der Waals surface area (Å²) < 4.78 is 1.70. The highest BCUT2D eigenvalue weighted by Gasteiger charge is 2.09. The van der Waals surface area contributed by atoms with Crippen molar-refractivity contribution in [2.45, 2.75) is 0 Å². The first-order valence-corrected chi connectivity index (χ1v) is 4.93. The fourth-order valence-electron chi connectivity index (χ4n) is 1.62. The van der Waals surface area contributed by atoms with E-state index in [1.165, 1.54) is 12.1 Å². The number of fused-ring (bicyclic) bond motifs is 1. The number of phenols is 2. The van der Waals surface area contributed by atoms with Crippen LogP contribution in [0.25, 0.3) is 17.0 Å². The van der Waals surface area contributed by atoms with Gasteiger partial charge in [0.25, 0.3) is 5.78 Å². The maximum Gasteiger partial charge on any atom is 0.254 e. The van der Waals surface area contributed by atoms with Crippen LogP contribution in [0.3, 0.4) is 0 Å². The average molecular weight is 228 g/mol. The zero-order valence-electron chi connectivity index (χ0n) is 8.65. The van der Waals surface area contributed by atoms with Gasteiger partial charge in [-0.15, -0.1) is 5.10 Å². The Morgan fingerprint density at radius 2 is 2.06 bits per heavy atom. The number of phenolic OH excluding ortho intramolecular Hbond substituents is 2. The molecule has 0 unspecified atom stereocenters. The van der Waals surface area contributed by atoms with E-state index in [0.29, 0.717) is 17.0 Å². The van der Waals surface area contributed by atoms with Crippen molar-refractivity contribution in [2.24, 2.45) is 0 Å². The Labute approximate surface area is 95.8 Å². The van der Waals surface area contributed by atoms with E-state index >= 15 is 0 Å². The maximum atomic E-state index is 9.72. The molecule has 0 amide bonds. The van der Waals surface area contributed by atoms with Gasteiger partial charge in [0.05, 0.1) is 11.9 Å². The third kappa shape index (κ3) is 1.55. The molecule has 6 nitrogen and oxygen atoms in total. The molecule has 3 rings (SSSR count). The Bertz CT molecular complexity index is 660. The molecule has 0 atom stereocenters. The molecule has 17 heavy (non-hydrogen) atoms. The summed E-state index contributed by atoms with van der Waals surface area (Å²) in [4.78, 5) is 4.22. The topological polar surface area (TPSA) is 83.5 Å².